The number of nitrogens with zero attached hydrogens (tertiary/aromatic N) is 1. The van der Waals surface area contributed by atoms with Gasteiger partial charge in [-0.15, -0.1) is 0 Å². The molecule has 5 nitrogen and oxygen atoms in total. The summed E-state index contributed by atoms with van der Waals surface area (Å²) in [6.45, 7) is 0.628. The SMILES string of the molecule is O=C(NCC1(c2ccccc2)CCCC1)c1cc(-c2ccc(O)cc2)n[nH]1. The molecule has 1 heterocycles. The second-order valence-electron chi connectivity index (χ2n) is 7.25. The van der Waals surface area contributed by atoms with E-state index >= 15 is 0 Å². The molecule has 1 aliphatic carbocycles. The van der Waals surface area contributed by atoms with Gasteiger partial charge in [-0.05, 0) is 48.7 Å². The second kappa shape index (κ2) is 7.27. The van der Waals surface area contributed by atoms with Crippen LogP contribution in [-0.4, -0.2) is 27.8 Å². The monoisotopic (exact) mass is 361 g/mol. The summed E-state index contributed by atoms with van der Waals surface area (Å²) in [5.41, 5.74) is 3.30. The summed E-state index contributed by atoms with van der Waals surface area (Å²) < 4.78 is 0. The number of phenols is 1. The van der Waals surface area contributed by atoms with E-state index < -0.39 is 0 Å². The van der Waals surface area contributed by atoms with Gasteiger partial charge in [-0.1, -0.05) is 43.2 Å². The van der Waals surface area contributed by atoms with Crippen molar-refractivity contribution in [2.45, 2.75) is 31.1 Å². The quantitative estimate of drug-likeness (QED) is 0.642. The van der Waals surface area contributed by atoms with Crippen LogP contribution in [-0.2, 0) is 5.41 Å². The Hall–Kier alpha value is -3.08. The lowest BCUT2D eigenvalue weighted by atomic mass is 9.79. The first-order valence-electron chi connectivity index (χ1n) is 9.35. The number of carbonyl (C=O) groups excluding carboxylic acids is 1. The van der Waals surface area contributed by atoms with Crippen LogP contribution in [0.15, 0.2) is 60.7 Å². The number of benzene rings is 2. The molecule has 0 unspecified atom stereocenters. The van der Waals surface area contributed by atoms with Crippen LogP contribution < -0.4 is 5.32 Å². The minimum absolute atomic E-state index is 0.0245. The van der Waals surface area contributed by atoms with E-state index in [1.165, 1.54) is 18.4 Å². The zero-order valence-electron chi connectivity index (χ0n) is 15.1. The molecule has 138 valence electrons. The van der Waals surface area contributed by atoms with Crippen LogP contribution in [0.25, 0.3) is 11.3 Å². The van der Waals surface area contributed by atoms with Crippen LogP contribution in [0.3, 0.4) is 0 Å². The van der Waals surface area contributed by atoms with Crippen LogP contribution in [0.2, 0.25) is 0 Å². The van der Waals surface area contributed by atoms with Gasteiger partial charge in [0.15, 0.2) is 0 Å². The molecule has 0 radical (unpaired) electrons. The van der Waals surface area contributed by atoms with Crippen molar-refractivity contribution in [1.82, 2.24) is 15.5 Å². The normalized spacial score (nSPS) is 15.6. The van der Waals surface area contributed by atoms with E-state index in [-0.39, 0.29) is 17.1 Å². The lowest BCUT2D eigenvalue weighted by Crippen LogP contribution is -2.39. The number of amides is 1. The lowest BCUT2D eigenvalue weighted by Gasteiger charge is -2.30. The molecule has 1 amide bonds. The van der Waals surface area contributed by atoms with Crippen molar-refractivity contribution in [2.24, 2.45) is 0 Å². The van der Waals surface area contributed by atoms with Gasteiger partial charge < -0.3 is 10.4 Å². The number of nitrogens with one attached hydrogen (secondary N) is 2. The van der Waals surface area contributed by atoms with Crippen molar-refractivity contribution in [3.8, 4) is 17.0 Å². The summed E-state index contributed by atoms with van der Waals surface area (Å²) in [7, 11) is 0. The minimum atomic E-state index is -0.144. The summed E-state index contributed by atoms with van der Waals surface area (Å²) in [4.78, 5) is 12.7. The predicted molar refractivity (Wildman–Crippen MR) is 105 cm³/mol. The van der Waals surface area contributed by atoms with Gasteiger partial charge in [0.2, 0.25) is 0 Å². The second-order valence-corrected chi connectivity index (χ2v) is 7.25. The zero-order valence-corrected chi connectivity index (χ0v) is 15.1. The fraction of sp³-hybridized carbons (Fsp3) is 0.273. The summed E-state index contributed by atoms with van der Waals surface area (Å²) in [6, 6.07) is 19.0. The van der Waals surface area contributed by atoms with Crippen LogP contribution in [0.1, 0.15) is 41.7 Å². The van der Waals surface area contributed by atoms with Gasteiger partial charge in [-0.3, -0.25) is 9.89 Å². The van der Waals surface area contributed by atoms with E-state index in [9.17, 15) is 9.90 Å². The Morgan fingerprint density at radius 2 is 1.78 bits per heavy atom. The Labute approximate surface area is 158 Å². The Kier molecular flexibility index (Phi) is 4.67. The Balaban J connectivity index is 1.47. The maximum atomic E-state index is 12.7. The maximum Gasteiger partial charge on any atom is 0.269 e. The van der Waals surface area contributed by atoms with Crippen LogP contribution in [0.5, 0.6) is 5.75 Å². The molecule has 0 atom stereocenters. The van der Waals surface area contributed by atoms with Crippen LogP contribution >= 0.6 is 0 Å². The third kappa shape index (κ3) is 3.58. The van der Waals surface area contributed by atoms with E-state index in [0.29, 0.717) is 17.9 Å². The van der Waals surface area contributed by atoms with Gasteiger partial charge in [0.05, 0.1) is 5.69 Å². The van der Waals surface area contributed by atoms with Crippen molar-refractivity contribution in [2.75, 3.05) is 6.54 Å². The molecule has 1 fully saturated rings. The molecule has 2 aromatic carbocycles. The third-order valence-corrected chi connectivity index (χ3v) is 5.52. The van der Waals surface area contributed by atoms with E-state index in [0.717, 1.165) is 18.4 Å². The molecule has 5 heteroatoms. The molecule has 0 aliphatic heterocycles. The summed E-state index contributed by atoms with van der Waals surface area (Å²) in [6.07, 6.45) is 4.58. The molecule has 3 aromatic rings. The van der Waals surface area contributed by atoms with Crippen molar-refractivity contribution in [1.29, 1.82) is 0 Å². The topological polar surface area (TPSA) is 78.0 Å². The number of aromatic amines is 1. The minimum Gasteiger partial charge on any atom is -0.508 e. The largest absolute Gasteiger partial charge is 0.508 e. The highest BCUT2D eigenvalue weighted by Crippen LogP contribution is 2.40. The molecule has 1 aliphatic rings. The van der Waals surface area contributed by atoms with Gasteiger partial charge >= 0.3 is 0 Å². The molecule has 27 heavy (non-hydrogen) atoms. The summed E-state index contributed by atoms with van der Waals surface area (Å²) >= 11 is 0. The smallest absolute Gasteiger partial charge is 0.269 e. The number of carbonyl (C=O) groups is 1. The molecule has 4 rings (SSSR count). The summed E-state index contributed by atoms with van der Waals surface area (Å²) in [5, 5.41) is 19.5. The van der Waals surface area contributed by atoms with Crippen molar-refractivity contribution < 1.29 is 9.90 Å². The average Bonchev–Trinajstić information content (AvgIpc) is 3.38. The lowest BCUT2D eigenvalue weighted by molar-refractivity contribution is 0.0938. The van der Waals surface area contributed by atoms with Crippen LogP contribution in [0, 0.1) is 0 Å². The molecule has 3 N–H and O–H groups in total. The Bertz CT molecular complexity index is 910. The van der Waals surface area contributed by atoms with E-state index in [4.69, 9.17) is 0 Å². The molecule has 0 spiro atoms. The highest BCUT2D eigenvalue weighted by atomic mass is 16.3. The zero-order chi connectivity index (χ0) is 18.7. The highest BCUT2D eigenvalue weighted by molar-refractivity contribution is 5.93. The maximum absolute atomic E-state index is 12.7. The first kappa shape index (κ1) is 17.3. The number of phenolic OH excluding ortho intramolecular Hbond substituents is 1. The van der Waals surface area contributed by atoms with Gasteiger partial charge in [0.1, 0.15) is 11.4 Å². The Morgan fingerprint density at radius 1 is 1.07 bits per heavy atom. The molecule has 1 aromatic heterocycles. The predicted octanol–water partition coefficient (Wildman–Crippen LogP) is 4.02. The number of aromatic hydroxyl groups is 1. The number of hydrogen-bond donors (Lipinski definition) is 3. The standard InChI is InChI=1S/C22H23N3O2/c26-18-10-8-16(9-11-18)19-14-20(25-24-19)21(27)23-15-22(12-4-5-13-22)17-6-2-1-3-7-17/h1-3,6-11,14,26H,4-5,12-13,15H2,(H,23,27)(H,24,25). The molecule has 1 saturated carbocycles. The average molecular weight is 361 g/mol. The molecular formula is C22H23N3O2. The van der Waals surface area contributed by atoms with Crippen molar-refractivity contribution >= 4 is 5.91 Å². The summed E-state index contributed by atoms with van der Waals surface area (Å²) in [5.74, 6) is 0.0600. The number of aromatic nitrogens is 2. The fourth-order valence-corrected chi connectivity index (χ4v) is 3.97. The molecular weight excluding hydrogens is 338 g/mol. The molecule has 0 saturated heterocycles. The van der Waals surface area contributed by atoms with Crippen molar-refractivity contribution in [3.05, 3.63) is 71.9 Å². The van der Waals surface area contributed by atoms with Gasteiger partial charge in [0.25, 0.3) is 5.91 Å². The number of H-pyrrole nitrogens is 1. The molecule has 0 bridgehead atoms. The van der Waals surface area contributed by atoms with E-state index in [1.807, 2.05) is 6.07 Å². The van der Waals surface area contributed by atoms with Gasteiger partial charge in [0, 0.05) is 17.5 Å². The van der Waals surface area contributed by atoms with E-state index in [2.05, 4.69) is 39.8 Å². The fourth-order valence-electron chi connectivity index (χ4n) is 3.97. The van der Waals surface area contributed by atoms with E-state index in [1.54, 1.807) is 30.3 Å². The number of rotatable bonds is 5. The Morgan fingerprint density at radius 3 is 2.48 bits per heavy atom. The first-order chi connectivity index (χ1) is 13.2. The van der Waals surface area contributed by atoms with Gasteiger partial charge in [-0.2, -0.15) is 5.10 Å². The van der Waals surface area contributed by atoms with Gasteiger partial charge in [-0.25, -0.2) is 0 Å². The van der Waals surface area contributed by atoms with Crippen molar-refractivity contribution in [3.63, 3.8) is 0 Å². The van der Waals surface area contributed by atoms with Crippen LogP contribution in [0.4, 0.5) is 0 Å². The highest BCUT2D eigenvalue weighted by Gasteiger charge is 2.35. The first-order valence-corrected chi connectivity index (χ1v) is 9.35. The number of hydrogen-bond acceptors (Lipinski definition) is 3. The third-order valence-electron chi connectivity index (χ3n) is 5.52.